The molecule has 1 aromatic carbocycles. The largest absolute Gasteiger partial charge is 0.395 e. The molecule has 1 N–H and O–H groups in total. The summed E-state index contributed by atoms with van der Waals surface area (Å²) >= 11 is 3.52. The highest BCUT2D eigenvalue weighted by atomic mass is 79.9. The van der Waals surface area contributed by atoms with Crippen molar-refractivity contribution in [3.63, 3.8) is 0 Å². The summed E-state index contributed by atoms with van der Waals surface area (Å²) in [6.07, 6.45) is 0.855. The SMILES string of the molecule is O=Cc1ccc(N2CCN(CCO)CC2)c(Br)c1. The van der Waals surface area contributed by atoms with E-state index in [1.54, 1.807) is 0 Å². The Labute approximate surface area is 115 Å². The van der Waals surface area contributed by atoms with Crippen LogP contribution in [0.2, 0.25) is 0 Å². The van der Waals surface area contributed by atoms with Crippen LogP contribution in [0.15, 0.2) is 22.7 Å². The monoisotopic (exact) mass is 312 g/mol. The van der Waals surface area contributed by atoms with E-state index in [1.807, 2.05) is 18.2 Å². The first-order chi connectivity index (χ1) is 8.74. The van der Waals surface area contributed by atoms with Crippen LogP contribution in [0.4, 0.5) is 5.69 Å². The second-order valence-electron chi connectivity index (χ2n) is 4.38. The van der Waals surface area contributed by atoms with Crippen molar-refractivity contribution in [3.8, 4) is 0 Å². The number of aliphatic hydroxyl groups is 1. The highest BCUT2D eigenvalue weighted by Gasteiger charge is 2.18. The second kappa shape index (κ2) is 6.31. The minimum absolute atomic E-state index is 0.220. The van der Waals surface area contributed by atoms with Gasteiger partial charge in [-0.1, -0.05) is 0 Å². The molecule has 1 aliphatic rings. The molecule has 1 saturated heterocycles. The Morgan fingerprint density at radius 1 is 1.28 bits per heavy atom. The summed E-state index contributed by atoms with van der Waals surface area (Å²) in [6.45, 7) is 4.78. The summed E-state index contributed by atoms with van der Waals surface area (Å²) in [5.41, 5.74) is 1.81. The molecule has 2 rings (SSSR count). The van der Waals surface area contributed by atoms with E-state index in [9.17, 15) is 4.79 Å². The van der Waals surface area contributed by atoms with Gasteiger partial charge in [-0.3, -0.25) is 9.69 Å². The normalized spacial score (nSPS) is 16.9. The number of hydrogen-bond donors (Lipinski definition) is 1. The van der Waals surface area contributed by atoms with Gasteiger partial charge in [-0.15, -0.1) is 0 Å². The van der Waals surface area contributed by atoms with Gasteiger partial charge in [-0.25, -0.2) is 0 Å². The second-order valence-corrected chi connectivity index (χ2v) is 5.24. The van der Waals surface area contributed by atoms with Crippen LogP contribution in [-0.4, -0.2) is 55.6 Å². The minimum atomic E-state index is 0.220. The first-order valence-electron chi connectivity index (χ1n) is 6.07. The van der Waals surface area contributed by atoms with Crippen molar-refractivity contribution in [2.45, 2.75) is 0 Å². The van der Waals surface area contributed by atoms with Gasteiger partial charge >= 0.3 is 0 Å². The number of rotatable bonds is 4. The van der Waals surface area contributed by atoms with E-state index in [-0.39, 0.29) is 6.61 Å². The van der Waals surface area contributed by atoms with Gasteiger partial charge in [0, 0.05) is 42.8 Å². The number of aldehydes is 1. The number of piperazine rings is 1. The van der Waals surface area contributed by atoms with Gasteiger partial charge in [0.1, 0.15) is 6.29 Å². The van der Waals surface area contributed by atoms with E-state index < -0.39 is 0 Å². The Morgan fingerprint density at radius 2 is 2.00 bits per heavy atom. The highest BCUT2D eigenvalue weighted by Crippen LogP contribution is 2.27. The molecule has 1 aromatic rings. The smallest absolute Gasteiger partial charge is 0.150 e. The summed E-state index contributed by atoms with van der Waals surface area (Å²) < 4.78 is 0.961. The fourth-order valence-corrected chi connectivity index (χ4v) is 2.85. The molecule has 1 heterocycles. The van der Waals surface area contributed by atoms with Crippen molar-refractivity contribution in [1.29, 1.82) is 0 Å². The topological polar surface area (TPSA) is 43.8 Å². The number of β-amino-alcohol motifs (C(OH)–C–C–N with tert-alkyl or cyclic N) is 1. The third kappa shape index (κ3) is 3.10. The van der Waals surface area contributed by atoms with Crippen molar-refractivity contribution >= 4 is 27.9 Å². The van der Waals surface area contributed by atoms with Crippen LogP contribution in [0.5, 0.6) is 0 Å². The molecular weight excluding hydrogens is 296 g/mol. The Hall–Kier alpha value is -0.910. The van der Waals surface area contributed by atoms with Crippen molar-refractivity contribution < 1.29 is 9.90 Å². The molecular formula is C13H17BrN2O2. The summed E-state index contributed by atoms with van der Waals surface area (Å²) in [5.74, 6) is 0. The number of anilines is 1. The van der Waals surface area contributed by atoms with Crippen molar-refractivity contribution in [2.75, 3.05) is 44.2 Å². The van der Waals surface area contributed by atoms with Gasteiger partial charge in [-0.05, 0) is 34.1 Å². The summed E-state index contributed by atoms with van der Waals surface area (Å²) in [7, 11) is 0. The van der Waals surface area contributed by atoms with E-state index in [4.69, 9.17) is 5.11 Å². The molecule has 1 fully saturated rings. The lowest BCUT2D eigenvalue weighted by atomic mass is 10.2. The molecule has 0 unspecified atom stereocenters. The molecule has 0 spiro atoms. The zero-order chi connectivity index (χ0) is 13.0. The number of halogens is 1. The number of benzene rings is 1. The zero-order valence-electron chi connectivity index (χ0n) is 10.2. The van der Waals surface area contributed by atoms with Crippen LogP contribution < -0.4 is 4.90 Å². The molecule has 0 aromatic heterocycles. The maximum Gasteiger partial charge on any atom is 0.150 e. The van der Waals surface area contributed by atoms with Gasteiger partial charge in [0.2, 0.25) is 0 Å². The van der Waals surface area contributed by atoms with E-state index >= 15 is 0 Å². The molecule has 18 heavy (non-hydrogen) atoms. The standard InChI is InChI=1S/C13H17BrN2O2/c14-12-9-11(10-18)1-2-13(12)16-5-3-15(4-6-16)7-8-17/h1-2,9-10,17H,3-8H2. The van der Waals surface area contributed by atoms with Crippen LogP contribution in [0.1, 0.15) is 10.4 Å². The molecule has 0 bridgehead atoms. The molecule has 0 aliphatic carbocycles. The molecule has 1 aliphatic heterocycles. The van der Waals surface area contributed by atoms with Gasteiger partial charge in [0.25, 0.3) is 0 Å². The fourth-order valence-electron chi connectivity index (χ4n) is 2.21. The van der Waals surface area contributed by atoms with Crippen LogP contribution >= 0.6 is 15.9 Å². The first kappa shape index (κ1) is 13.5. The Bertz CT molecular complexity index is 417. The van der Waals surface area contributed by atoms with Crippen LogP contribution in [-0.2, 0) is 0 Å². The molecule has 0 amide bonds. The molecule has 0 saturated carbocycles. The number of hydrogen-bond acceptors (Lipinski definition) is 4. The maximum atomic E-state index is 10.7. The number of carbonyl (C=O) groups is 1. The molecule has 0 atom stereocenters. The third-order valence-electron chi connectivity index (χ3n) is 3.24. The van der Waals surface area contributed by atoms with E-state index in [0.717, 1.165) is 49.2 Å². The zero-order valence-corrected chi connectivity index (χ0v) is 11.8. The van der Waals surface area contributed by atoms with Crippen LogP contribution in [0.3, 0.4) is 0 Å². The van der Waals surface area contributed by atoms with Crippen LogP contribution in [0, 0.1) is 0 Å². The lowest BCUT2D eigenvalue weighted by molar-refractivity contribution is 0.112. The third-order valence-corrected chi connectivity index (χ3v) is 3.87. The first-order valence-corrected chi connectivity index (χ1v) is 6.87. The van der Waals surface area contributed by atoms with Gasteiger partial charge < -0.3 is 10.0 Å². The van der Waals surface area contributed by atoms with Gasteiger partial charge in [0.15, 0.2) is 0 Å². The van der Waals surface area contributed by atoms with Crippen molar-refractivity contribution in [1.82, 2.24) is 4.90 Å². The Kier molecular flexibility index (Phi) is 4.74. The lowest BCUT2D eigenvalue weighted by Crippen LogP contribution is -2.47. The number of nitrogens with zero attached hydrogens (tertiary/aromatic N) is 2. The van der Waals surface area contributed by atoms with E-state index in [0.29, 0.717) is 5.56 Å². The van der Waals surface area contributed by atoms with Gasteiger partial charge in [0.05, 0.1) is 12.3 Å². The highest BCUT2D eigenvalue weighted by molar-refractivity contribution is 9.10. The quantitative estimate of drug-likeness (QED) is 0.853. The summed E-state index contributed by atoms with van der Waals surface area (Å²) in [6, 6.07) is 5.67. The fraction of sp³-hybridized carbons (Fsp3) is 0.462. The maximum absolute atomic E-state index is 10.7. The number of carbonyl (C=O) groups excluding carboxylic acids is 1. The minimum Gasteiger partial charge on any atom is -0.395 e. The molecule has 0 radical (unpaired) electrons. The average Bonchev–Trinajstić information content (AvgIpc) is 2.40. The molecule has 5 heteroatoms. The number of aliphatic hydroxyl groups excluding tert-OH is 1. The average molecular weight is 313 g/mol. The molecule has 98 valence electrons. The predicted molar refractivity (Wildman–Crippen MR) is 75.3 cm³/mol. The van der Waals surface area contributed by atoms with Gasteiger partial charge in [-0.2, -0.15) is 0 Å². The molecule has 4 nitrogen and oxygen atoms in total. The summed E-state index contributed by atoms with van der Waals surface area (Å²) in [5, 5.41) is 8.91. The predicted octanol–water partition coefficient (Wildman–Crippen LogP) is 1.38. The van der Waals surface area contributed by atoms with E-state index in [1.165, 1.54) is 0 Å². The lowest BCUT2D eigenvalue weighted by Gasteiger charge is -2.36. The Morgan fingerprint density at radius 3 is 2.56 bits per heavy atom. The van der Waals surface area contributed by atoms with Crippen molar-refractivity contribution in [2.24, 2.45) is 0 Å². The van der Waals surface area contributed by atoms with E-state index in [2.05, 4.69) is 25.7 Å². The summed E-state index contributed by atoms with van der Waals surface area (Å²) in [4.78, 5) is 15.2. The Balaban J connectivity index is 2.03. The van der Waals surface area contributed by atoms with Crippen LogP contribution in [0.25, 0.3) is 0 Å². The van der Waals surface area contributed by atoms with Crippen molar-refractivity contribution in [3.05, 3.63) is 28.2 Å².